The molecule has 36 heavy (non-hydrogen) atoms. The molecule has 5 rings (SSSR count). The second-order valence-corrected chi connectivity index (χ2v) is 11.0. The number of piperidine rings is 2. The van der Waals surface area contributed by atoms with Crippen LogP contribution in [-0.4, -0.2) is 48.2 Å². The van der Waals surface area contributed by atoms with Crippen LogP contribution >= 0.6 is 0 Å². The molecule has 0 bridgehead atoms. The van der Waals surface area contributed by atoms with Gasteiger partial charge in [-0.15, -0.1) is 0 Å². The quantitative estimate of drug-likeness (QED) is 0.343. The molecular formula is C31H43N3O2. The van der Waals surface area contributed by atoms with Crippen molar-refractivity contribution in [3.05, 3.63) is 70.8 Å². The number of hydrogen-bond donors (Lipinski definition) is 1. The van der Waals surface area contributed by atoms with E-state index in [0.717, 1.165) is 49.4 Å². The summed E-state index contributed by atoms with van der Waals surface area (Å²) >= 11 is 0. The molecule has 3 aliphatic heterocycles. The van der Waals surface area contributed by atoms with Crippen LogP contribution in [0.25, 0.3) is 0 Å². The minimum atomic E-state index is -0.149. The molecule has 3 aliphatic rings. The number of carbonyl (C=O) groups excluding carboxylic acids is 1. The van der Waals surface area contributed by atoms with Crippen LogP contribution in [-0.2, 0) is 11.3 Å². The van der Waals surface area contributed by atoms with Crippen molar-refractivity contribution in [2.75, 3.05) is 26.2 Å². The molecule has 1 amide bonds. The van der Waals surface area contributed by atoms with Crippen LogP contribution in [0.1, 0.15) is 97.9 Å². The van der Waals surface area contributed by atoms with Gasteiger partial charge in [-0.2, -0.15) is 0 Å². The van der Waals surface area contributed by atoms with Gasteiger partial charge >= 0.3 is 0 Å². The van der Waals surface area contributed by atoms with E-state index in [2.05, 4.69) is 48.3 Å². The van der Waals surface area contributed by atoms with Gasteiger partial charge in [0.1, 0.15) is 0 Å². The summed E-state index contributed by atoms with van der Waals surface area (Å²) in [5, 5.41) is 5.41. The zero-order valence-electron chi connectivity index (χ0n) is 22.1. The molecule has 4 atom stereocenters. The molecule has 0 radical (unpaired) electrons. The molecule has 2 aromatic carbocycles. The largest absolute Gasteiger partial charge is 0.314 e. The molecule has 2 aromatic rings. The minimum Gasteiger partial charge on any atom is -0.314 e. The Hall–Kier alpha value is -2.21. The van der Waals surface area contributed by atoms with E-state index in [1.54, 1.807) is 5.06 Å². The van der Waals surface area contributed by atoms with Crippen molar-refractivity contribution in [3.63, 3.8) is 0 Å². The Bertz CT molecular complexity index is 1010. The highest BCUT2D eigenvalue weighted by Crippen LogP contribution is 2.41. The number of nitrogens with one attached hydrogen (secondary N) is 1. The zero-order chi connectivity index (χ0) is 24.9. The van der Waals surface area contributed by atoms with E-state index in [4.69, 9.17) is 4.84 Å². The number of carbonyl (C=O) groups is 1. The number of hydroxylamine groups is 2. The Balaban J connectivity index is 1.34. The molecule has 5 heteroatoms. The minimum absolute atomic E-state index is 0.0373. The van der Waals surface area contributed by atoms with Crippen molar-refractivity contribution in [2.24, 2.45) is 5.92 Å². The third kappa shape index (κ3) is 5.53. The fraction of sp³-hybridized carbons (Fsp3) is 0.581. The average Bonchev–Trinajstić information content (AvgIpc) is 2.93. The van der Waals surface area contributed by atoms with Gasteiger partial charge in [0.2, 0.25) is 0 Å². The van der Waals surface area contributed by atoms with Crippen LogP contribution in [0.3, 0.4) is 0 Å². The van der Waals surface area contributed by atoms with Gasteiger partial charge in [-0.1, -0.05) is 62.6 Å². The van der Waals surface area contributed by atoms with Crippen molar-refractivity contribution in [2.45, 2.75) is 83.3 Å². The lowest BCUT2D eigenvalue weighted by molar-refractivity contribution is -0.148. The van der Waals surface area contributed by atoms with E-state index in [-0.39, 0.29) is 11.9 Å². The number of unbranched alkanes of at least 4 members (excludes halogenated alkanes) is 3. The normalized spacial score (nSPS) is 24.3. The first-order chi connectivity index (χ1) is 17.7. The lowest BCUT2D eigenvalue weighted by atomic mass is 9.77. The lowest BCUT2D eigenvalue weighted by Gasteiger charge is -2.49. The Morgan fingerprint density at radius 1 is 1.17 bits per heavy atom. The van der Waals surface area contributed by atoms with Crippen molar-refractivity contribution in [3.8, 4) is 0 Å². The van der Waals surface area contributed by atoms with Crippen LogP contribution < -0.4 is 5.32 Å². The summed E-state index contributed by atoms with van der Waals surface area (Å²) in [6.45, 7) is 8.29. The third-order valence-corrected chi connectivity index (χ3v) is 8.59. The maximum Gasteiger partial charge on any atom is 0.278 e. The fourth-order valence-corrected chi connectivity index (χ4v) is 6.48. The van der Waals surface area contributed by atoms with Gasteiger partial charge in [-0.25, -0.2) is 5.06 Å². The predicted octanol–water partition coefficient (Wildman–Crippen LogP) is 6.07. The van der Waals surface area contributed by atoms with Gasteiger partial charge in [0.15, 0.2) is 0 Å². The molecule has 0 aromatic heterocycles. The number of amides is 1. The third-order valence-electron chi connectivity index (χ3n) is 8.59. The van der Waals surface area contributed by atoms with Gasteiger partial charge in [-0.3, -0.25) is 14.5 Å². The Labute approximate surface area is 217 Å². The molecule has 3 heterocycles. The number of fused-ring (bicyclic) bond motifs is 4. The molecule has 2 saturated heterocycles. The van der Waals surface area contributed by atoms with E-state index in [1.165, 1.54) is 49.8 Å². The second kappa shape index (κ2) is 11.9. The zero-order valence-corrected chi connectivity index (χ0v) is 22.1. The summed E-state index contributed by atoms with van der Waals surface area (Å²) in [4.78, 5) is 22.7. The summed E-state index contributed by atoms with van der Waals surface area (Å²) in [7, 11) is 0. The van der Waals surface area contributed by atoms with Crippen LogP contribution in [0.4, 0.5) is 0 Å². The van der Waals surface area contributed by atoms with Crippen LogP contribution in [0.15, 0.2) is 48.5 Å². The summed E-state index contributed by atoms with van der Waals surface area (Å²) in [6, 6.07) is 17.6. The van der Waals surface area contributed by atoms with Crippen molar-refractivity contribution >= 4 is 5.91 Å². The van der Waals surface area contributed by atoms with Crippen LogP contribution in [0.5, 0.6) is 0 Å². The molecular weight excluding hydrogens is 446 g/mol. The maximum absolute atomic E-state index is 13.8. The summed E-state index contributed by atoms with van der Waals surface area (Å²) in [6.07, 6.45) is 9.35. The van der Waals surface area contributed by atoms with Gasteiger partial charge in [0.25, 0.3) is 5.91 Å². The summed E-state index contributed by atoms with van der Waals surface area (Å²) in [5.74, 6) is 0.754. The SMILES string of the molecule is CCCCCCON(C(=O)c1ccc2c(c1)CCN1C[C@H]3CCCN[C@H]3C[C@H]21)[C@H](C)c1ccccc1. The highest BCUT2D eigenvalue weighted by atomic mass is 16.7. The lowest BCUT2D eigenvalue weighted by Crippen LogP contribution is -2.54. The fourth-order valence-electron chi connectivity index (χ4n) is 6.48. The van der Waals surface area contributed by atoms with E-state index < -0.39 is 0 Å². The molecule has 0 spiro atoms. The van der Waals surface area contributed by atoms with Crippen molar-refractivity contribution in [1.82, 2.24) is 15.3 Å². The predicted molar refractivity (Wildman–Crippen MR) is 145 cm³/mol. The maximum atomic E-state index is 13.8. The molecule has 0 saturated carbocycles. The number of rotatable bonds is 9. The molecule has 2 fully saturated rings. The van der Waals surface area contributed by atoms with Gasteiger partial charge in [0, 0.05) is 30.7 Å². The molecule has 5 nitrogen and oxygen atoms in total. The highest BCUT2D eigenvalue weighted by Gasteiger charge is 2.39. The summed E-state index contributed by atoms with van der Waals surface area (Å²) in [5.41, 5.74) is 4.59. The Kier molecular flexibility index (Phi) is 8.40. The number of hydrogen-bond acceptors (Lipinski definition) is 4. The van der Waals surface area contributed by atoms with Gasteiger partial charge < -0.3 is 5.32 Å². The average molecular weight is 490 g/mol. The smallest absolute Gasteiger partial charge is 0.278 e. The van der Waals surface area contributed by atoms with Gasteiger partial charge in [-0.05, 0) is 80.3 Å². The molecule has 0 unspecified atom stereocenters. The van der Waals surface area contributed by atoms with Crippen LogP contribution in [0.2, 0.25) is 0 Å². The van der Waals surface area contributed by atoms with E-state index in [1.807, 2.05) is 24.3 Å². The molecule has 1 N–H and O–H groups in total. The second-order valence-electron chi connectivity index (χ2n) is 11.0. The first kappa shape index (κ1) is 25.4. The van der Waals surface area contributed by atoms with E-state index in [9.17, 15) is 4.79 Å². The van der Waals surface area contributed by atoms with Crippen LogP contribution in [0, 0.1) is 5.92 Å². The van der Waals surface area contributed by atoms with E-state index in [0.29, 0.717) is 18.7 Å². The topological polar surface area (TPSA) is 44.8 Å². The first-order valence-corrected chi connectivity index (χ1v) is 14.3. The van der Waals surface area contributed by atoms with E-state index >= 15 is 0 Å². The molecule has 194 valence electrons. The number of benzene rings is 2. The molecule has 0 aliphatic carbocycles. The number of nitrogens with zero attached hydrogens (tertiary/aromatic N) is 2. The monoisotopic (exact) mass is 489 g/mol. The first-order valence-electron chi connectivity index (χ1n) is 14.3. The Morgan fingerprint density at radius 3 is 2.86 bits per heavy atom. The summed E-state index contributed by atoms with van der Waals surface area (Å²) < 4.78 is 0. The highest BCUT2D eigenvalue weighted by molar-refractivity contribution is 5.94. The standard InChI is InChI=1S/C31H43N3O2/c1-3-4-5-9-19-36-34(23(2)24-11-7-6-8-12-24)31(35)26-14-15-28-25(20-26)16-18-33-22-27-13-10-17-32-29(27)21-30(28)33/h6-8,11-12,14-15,20,23,27,29-30,32H,3-5,9-10,13,16-19,21-22H2,1-2H3/t23-,27-,29+,30-/m1/s1. The van der Waals surface area contributed by atoms with Gasteiger partial charge in [0.05, 0.1) is 12.6 Å². The Morgan fingerprint density at radius 2 is 2.03 bits per heavy atom. The van der Waals surface area contributed by atoms with Crippen molar-refractivity contribution < 1.29 is 9.63 Å². The van der Waals surface area contributed by atoms with Crippen molar-refractivity contribution in [1.29, 1.82) is 0 Å².